The molecule has 2 amide bonds. The Kier molecular flexibility index (Phi) is 7.87. The molecule has 0 spiro atoms. The van der Waals surface area contributed by atoms with Crippen LogP contribution in [0.15, 0.2) is 42.5 Å². The number of amides is 2. The molecule has 7 heteroatoms. The highest BCUT2D eigenvalue weighted by Crippen LogP contribution is 2.30. The van der Waals surface area contributed by atoms with E-state index in [4.69, 9.17) is 27.9 Å². The van der Waals surface area contributed by atoms with Crippen LogP contribution in [0.5, 0.6) is 5.75 Å². The van der Waals surface area contributed by atoms with Gasteiger partial charge in [-0.3, -0.25) is 4.90 Å². The molecule has 3 rings (SSSR count). The lowest BCUT2D eigenvalue weighted by atomic mass is 10.1. The molecule has 5 nitrogen and oxygen atoms in total. The summed E-state index contributed by atoms with van der Waals surface area (Å²) in [6.45, 7) is 3.39. The van der Waals surface area contributed by atoms with Crippen molar-refractivity contribution < 1.29 is 9.53 Å². The van der Waals surface area contributed by atoms with Crippen LogP contribution in [0.4, 0.5) is 4.79 Å². The molecule has 2 atom stereocenters. The molecular formula is C23H29Cl2N3O2. The Labute approximate surface area is 188 Å². The quantitative estimate of drug-likeness (QED) is 0.613. The summed E-state index contributed by atoms with van der Waals surface area (Å²) in [6, 6.07) is 12.9. The molecule has 0 aromatic heterocycles. The molecular weight excluding hydrogens is 421 g/mol. The predicted molar refractivity (Wildman–Crippen MR) is 122 cm³/mol. The highest BCUT2D eigenvalue weighted by molar-refractivity contribution is 6.42. The summed E-state index contributed by atoms with van der Waals surface area (Å²) in [6.07, 6.45) is 3.23. The molecule has 2 unspecified atom stereocenters. The smallest absolute Gasteiger partial charge is 0.319 e. The summed E-state index contributed by atoms with van der Waals surface area (Å²) >= 11 is 12.5. The van der Waals surface area contributed by atoms with Crippen molar-refractivity contribution in [3.8, 4) is 5.75 Å². The van der Waals surface area contributed by atoms with Gasteiger partial charge in [-0.25, -0.2) is 4.79 Å². The van der Waals surface area contributed by atoms with E-state index >= 15 is 0 Å². The summed E-state index contributed by atoms with van der Waals surface area (Å²) in [5, 5.41) is 4.07. The van der Waals surface area contributed by atoms with Crippen LogP contribution < -0.4 is 10.1 Å². The Morgan fingerprint density at radius 2 is 2.03 bits per heavy atom. The van der Waals surface area contributed by atoms with Crippen LogP contribution >= 0.6 is 23.2 Å². The first-order chi connectivity index (χ1) is 14.4. The van der Waals surface area contributed by atoms with Crippen molar-refractivity contribution in [2.45, 2.75) is 44.9 Å². The van der Waals surface area contributed by atoms with Crippen molar-refractivity contribution in [1.82, 2.24) is 15.1 Å². The Hall–Kier alpha value is -1.95. The third-order valence-corrected chi connectivity index (χ3v) is 6.46. The molecule has 2 aromatic rings. The van der Waals surface area contributed by atoms with Crippen LogP contribution in [0.25, 0.3) is 0 Å². The van der Waals surface area contributed by atoms with Crippen LogP contribution in [0.2, 0.25) is 10.0 Å². The highest BCUT2D eigenvalue weighted by Gasteiger charge is 2.30. The molecule has 0 saturated carbocycles. The molecule has 2 aromatic carbocycles. The number of halogens is 2. The number of ether oxygens (including phenoxy) is 1. The molecule has 1 fully saturated rings. The molecule has 1 N–H and O–H groups in total. The Bertz CT molecular complexity index is 877. The van der Waals surface area contributed by atoms with E-state index in [1.54, 1.807) is 13.2 Å². The van der Waals surface area contributed by atoms with E-state index in [-0.39, 0.29) is 18.2 Å². The molecule has 30 heavy (non-hydrogen) atoms. The minimum atomic E-state index is -0.273. The number of carbonyl (C=O) groups excluding carboxylic acids is 1. The van der Waals surface area contributed by atoms with Gasteiger partial charge in [-0.15, -0.1) is 0 Å². The molecule has 1 heterocycles. The number of benzene rings is 2. The molecule has 0 aliphatic carbocycles. The Morgan fingerprint density at radius 3 is 2.77 bits per heavy atom. The SMILES string of the molecule is COc1cccc(CN(C(=O)NC(C)c2cccc(Cl)c2Cl)C2CCCCN2C)c1. The summed E-state index contributed by atoms with van der Waals surface area (Å²) < 4.78 is 5.35. The van der Waals surface area contributed by atoms with E-state index in [1.807, 2.05) is 48.2 Å². The molecule has 1 saturated heterocycles. The second-order valence-corrected chi connectivity index (χ2v) is 8.54. The molecule has 162 valence electrons. The van der Waals surface area contributed by atoms with Crippen LogP contribution in [0.3, 0.4) is 0 Å². The number of hydrogen-bond acceptors (Lipinski definition) is 3. The van der Waals surface area contributed by atoms with Crippen LogP contribution in [-0.2, 0) is 6.54 Å². The van der Waals surface area contributed by atoms with Gasteiger partial charge in [0.1, 0.15) is 5.75 Å². The van der Waals surface area contributed by atoms with E-state index < -0.39 is 0 Å². The first-order valence-corrected chi connectivity index (χ1v) is 11.0. The zero-order valence-corrected chi connectivity index (χ0v) is 19.2. The number of nitrogens with one attached hydrogen (secondary N) is 1. The van der Waals surface area contributed by atoms with Crippen molar-refractivity contribution in [1.29, 1.82) is 0 Å². The van der Waals surface area contributed by atoms with Crippen molar-refractivity contribution in [3.63, 3.8) is 0 Å². The fraction of sp³-hybridized carbons (Fsp3) is 0.435. The van der Waals surface area contributed by atoms with Gasteiger partial charge in [-0.1, -0.05) is 47.5 Å². The minimum absolute atomic E-state index is 0.0342. The van der Waals surface area contributed by atoms with Crippen molar-refractivity contribution in [3.05, 3.63) is 63.6 Å². The Balaban J connectivity index is 1.82. The van der Waals surface area contributed by atoms with E-state index in [0.717, 1.165) is 42.7 Å². The lowest BCUT2D eigenvalue weighted by Crippen LogP contribution is -2.54. The highest BCUT2D eigenvalue weighted by atomic mass is 35.5. The van der Waals surface area contributed by atoms with Crippen LogP contribution in [-0.4, -0.2) is 42.7 Å². The van der Waals surface area contributed by atoms with Crippen LogP contribution in [0.1, 0.15) is 43.4 Å². The van der Waals surface area contributed by atoms with E-state index in [2.05, 4.69) is 17.3 Å². The summed E-state index contributed by atoms with van der Waals surface area (Å²) in [5.41, 5.74) is 1.83. The third kappa shape index (κ3) is 5.39. The standard InChI is InChI=1S/C23H29Cl2N3O2/c1-16(19-10-7-11-20(24)22(19)25)26-23(29)28(21-12-4-5-13-27(21)2)15-17-8-6-9-18(14-17)30-3/h6-11,14,16,21H,4-5,12-13,15H2,1-3H3,(H,26,29). The fourth-order valence-corrected chi connectivity index (χ4v) is 4.40. The van der Waals surface area contributed by atoms with Gasteiger partial charge < -0.3 is 15.0 Å². The first kappa shape index (κ1) is 22.7. The Morgan fingerprint density at radius 1 is 1.27 bits per heavy atom. The summed E-state index contributed by atoms with van der Waals surface area (Å²) in [7, 11) is 3.72. The summed E-state index contributed by atoms with van der Waals surface area (Å²) in [5.74, 6) is 0.781. The number of carbonyl (C=O) groups is 1. The van der Waals surface area contributed by atoms with Gasteiger partial charge in [0.25, 0.3) is 0 Å². The number of likely N-dealkylation sites (tertiary alicyclic amines) is 1. The van der Waals surface area contributed by atoms with E-state index in [0.29, 0.717) is 16.6 Å². The second-order valence-electron chi connectivity index (χ2n) is 7.75. The minimum Gasteiger partial charge on any atom is -0.497 e. The monoisotopic (exact) mass is 449 g/mol. The number of nitrogens with zero attached hydrogens (tertiary/aromatic N) is 2. The lowest BCUT2D eigenvalue weighted by Gasteiger charge is -2.41. The molecule has 1 aliphatic heterocycles. The zero-order chi connectivity index (χ0) is 21.7. The van der Waals surface area contributed by atoms with Crippen LogP contribution in [0, 0.1) is 0 Å². The maximum absolute atomic E-state index is 13.4. The molecule has 1 aliphatic rings. The van der Waals surface area contributed by atoms with Gasteiger partial charge >= 0.3 is 6.03 Å². The molecule has 0 bridgehead atoms. The van der Waals surface area contributed by atoms with Gasteiger partial charge in [-0.05, 0) is 69.1 Å². The van der Waals surface area contributed by atoms with Crippen molar-refractivity contribution >= 4 is 29.2 Å². The normalized spacial score (nSPS) is 18.0. The van der Waals surface area contributed by atoms with Gasteiger partial charge in [0, 0.05) is 6.54 Å². The van der Waals surface area contributed by atoms with Crippen molar-refractivity contribution in [2.24, 2.45) is 0 Å². The topological polar surface area (TPSA) is 44.8 Å². The number of methoxy groups -OCH3 is 1. The molecule has 0 radical (unpaired) electrons. The third-order valence-electron chi connectivity index (χ3n) is 5.63. The fourth-order valence-electron chi connectivity index (χ4n) is 3.93. The number of hydrogen-bond donors (Lipinski definition) is 1. The van der Waals surface area contributed by atoms with Gasteiger partial charge in [0.15, 0.2) is 0 Å². The van der Waals surface area contributed by atoms with Gasteiger partial charge in [0.05, 0.1) is 29.4 Å². The van der Waals surface area contributed by atoms with E-state index in [9.17, 15) is 4.79 Å². The first-order valence-electron chi connectivity index (χ1n) is 10.2. The maximum Gasteiger partial charge on any atom is 0.319 e. The average Bonchev–Trinajstić information content (AvgIpc) is 2.74. The summed E-state index contributed by atoms with van der Waals surface area (Å²) in [4.78, 5) is 17.6. The average molecular weight is 450 g/mol. The number of urea groups is 1. The number of rotatable bonds is 6. The lowest BCUT2D eigenvalue weighted by molar-refractivity contribution is 0.0497. The largest absolute Gasteiger partial charge is 0.497 e. The number of piperidine rings is 1. The van der Waals surface area contributed by atoms with Gasteiger partial charge in [-0.2, -0.15) is 0 Å². The maximum atomic E-state index is 13.4. The zero-order valence-electron chi connectivity index (χ0n) is 17.7. The predicted octanol–water partition coefficient (Wildman–Crippen LogP) is 5.72. The van der Waals surface area contributed by atoms with Crippen molar-refractivity contribution in [2.75, 3.05) is 20.7 Å². The second kappa shape index (κ2) is 10.4. The van der Waals surface area contributed by atoms with E-state index in [1.165, 1.54) is 0 Å². The van der Waals surface area contributed by atoms with Gasteiger partial charge in [0.2, 0.25) is 0 Å².